The van der Waals surface area contributed by atoms with Crippen LogP contribution in [0.1, 0.15) is 32.6 Å². The van der Waals surface area contributed by atoms with Crippen LogP contribution >= 0.6 is 0 Å². The zero-order chi connectivity index (χ0) is 29.8. The van der Waals surface area contributed by atoms with Crippen molar-refractivity contribution in [3.8, 4) is 0 Å². The molecule has 2 fully saturated rings. The first-order valence-electron chi connectivity index (χ1n) is 13.5. The summed E-state index contributed by atoms with van der Waals surface area (Å²) in [4.78, 5) is 19.6. The average Bonchev–Trinajstić information content (AvgIpc) is 2.91. The SMILES string of the molecule is COC[C@@H]1CN(CCN2CCN(C(=O)c3cc(C)cc(C(F)(F)F)c3)[C@H](Cc3ccc(C(F)(F)F)cc3)C2)CCO1. The number of carbonyl (C=O) groups excluding carboxylic acids is 1. The Hall–Kier alpha value is -2.67. The summed E-state index contributed by atoms with van der Waals surface area (Å²) >= 11 is 0. The number of carbonyl (C=O) groups is 1. The summed E-state index contributed by atoms with van der Waals surface area (Å²) in [6.07, 6.45) is -8.80. The van der Waals surface area contributed by atoms with Crippen LogP contribution in [0.3, 0.4) is 0 Å². The Morgan fingerprint density at radius 3 is 2.20 bits per heavy atom. The molecule has 226 valence electrons. The Labute approximate surface area is 235 Å². The van der Waals surface area contributed by atoms with Gasteiger partial charge in [0.25, 0.3) is 5.91 Å². The summed E-state index contributed by atoms with van der Waals surface area (Å²) < 4.78 is 90.5. The molecule has 2 heterocycles. The number of hydrogen-bond donors (Lipinski definition) is 0. The Balaban J connectivity index is 1.51. The zero-order valence-corrected chi connectivity index (χ0v) is 23.1. The van der Waals surface area contributed by atoms with Crippen LogP contribution in [-0.4, -0.2) is 98.9 Å². The van der Waals surface area contributed by atoms with Gasteiger partial charge < -0.3 is 14.4 Å². The maximum absolute atomic E-state index is 13.6. The molecule has 0 unspecified atom stereocenters. The molecule has 4 rings (SSSR count). The molecule has 2 saturated heterocycles. The number of methoxy groups -OCH3 is 1. The van der Waals surface area contributed by atoms with Gasteiger partial charge in [0.05, 0.1) is 30.4 Å². The van der Waals surface area contributed by atoms with Crippen LogP contribution in [-0.2, 0) is 28.2 Å². The summed E-state index contributed by atoms with van der Waals surface area (Å²) in [5, 5.41) is 0. The van der Waals surface area contributed by atoms with Gasteiger partial charge in [-0.1, -0.05) is 12.1 Å². The highest BCUT2D eigenvalue weighted by Gasteiger charge is 2.35. The van der Waals surface area contributed by atoms with E-state index in [1.54, 1.807) is 12.0 Å². The van der Waals surface area contributed by atoms with E-state index >= 15 is 0 Å². The number of alkyl halides is 6. The lowest BCUT2D eigenvalue weighted by Crippen LogP contribution is -2.57. The first-order valence-corrected chi connectivity index (χ1v) is 13.5. The molecule has 6 nitrogen and oxygen atoms in total. The predicted octanol–water partition coefficient (Wildman–Crippen LogP) is 4.75. The molecular weight excluding hydrogens is 552 g/mol. The summed E-state index contributed by atoms with van der Waals surface area (Å²) in [6, 6.07) is 7.66. The summed E-state index contributed by atoms with van der Waals surface area (Å²) in [5.41, 5.74) is -0.787. The van der Waals surface area contributed by atoms with Crippen molar-refractivity contribution < 1.29 is 40.6 Å². The van der Waals surface area contributed by atoms with E-state index < -0.39 is 35.4 Å². The van der Waals surface area contributed by atoms with Crippen LogP contribution in [0.5, 0.6) is 0 Å². The topological polar surface area (TPSA) is 45.2 Å². The highest BCUT2D eigenvalue weighted by atomic mass is 19.4. The summed E-state index contributed by atoms with van der Waals surface area (Å²) in [7, 11) is 1.63. The van der Waals surface area contributed by atoms with Crippen molar-refractivity contribution in [3.05, 3.63) is 70.3 Å². The van der Waals surface area contributed by atoms with Gasteiger partial charge in [0.2, 0.25) is 0 Å². The minimum Gasteiger partial charge on any atom is -0.382 e. The summed E-state index contributed by atoms with van der Waals surface area (Å²) in [6.45, 7) is 6.84. The predicted molar refractivity (Wildman–Crippen MR) is 141 cm³/mol. The Morgan fingerprint density at radius 1 is 0.902 bits per heavy atom. The molecule has 0 aliphatic carbocycles. The van der Waals surface area contributed by atoms with Gasteiger partial charge in [0.1, 0.15) is 0 Å². The molecule has 1 amide bonds. The van der Waals surface area contributed by atoms with Gasteiger partial charge in [-0.2, -0.15) is 26.3 Å². The number of aryl methyl sites for hydroxylation is 1. The molecule has 2 aliphatic rings. The molecule has 2 aromatic rings. The third-order valence-corrected chi connectivity index (χ3v) is 7.54. The lowest BCUT2D eigenvalue weighted by molar-refractivity contribution is -0.138. The standard InChI is InChI=1S/C29H35F6N3O3/c1-20-13-22(16-24(14-20)29(33,34)35)27(39)38-10-9-36(7-8-37-11-12-41-26(18-37)19-40-2)17-25(38)15-21-3-5-23(6-4-21)28(30,31)32/h3-6,13-14,16,25-26H,7-12,15,17-19H2,1-2H3/t25-,26+/m1/s1. The molecule has 41 heavy (non-hydrogen) atoms. The third-order valence-electron chi connectivity index (χ3n) is 7.54. The van der Waals surface area contributed by atoms with Gasteiger partial charge in [-0.05, 0) is 54.8 Å². The smallest absolute Gasteiger partial charge is 0.382 e. The van der Waals surface area contributed by atoms with Crippen molar-refractivity contribution in [1.82, 2.24) is 14.7 Å². The lowest BCUT2D eigenvalue weighted by atomic mass is 9.98. The van der Waals surface area contributed by atoms with Crippen LogP contribution in [0.15, 0.2) is 42.5 Å². The number of piperazine rings is 1. The normalized spacial score (nSPS) is 21.3. The van der Waals surface area contributed by atoms with E-state index in [0.717, 1.165) is 43.9 Å². The van der Waals surface area contributed by atoms with Crippen LogP contribution in [0.2, 0.25) is 0 Å². The first kappa shape index (κ1) is 31.3. The number of rotatable bonds is 8. The zero-order valence-electron chi connectivity index (χ0n) is 23.1. The fourth-order valence-corrected chi connectivity index (χ4v) is 5.46. The number of nitrogens with zero attached hydrogens (tertiary/aromatic N) is 3. The Morgan fingerprint density at radius 2 is 1.56 bits per heavy atom. The first-order chi connectivity index (χ1) is 19.3. The summed E-state index contributed by atoms with van der Waals surface area (Å²) in [5.74, 6) is -0.522. The average molecular weight is 588 g/mol. The number of hydrogen-bond acceptors (Lipinski definition) is 5. The van der Waals surface area contributed by atoms with Crippen LogP contribution in [0, 0.1) is 6.92 Å². The molecule has 0 spiro atoms. The van der Waals surface area contributed by atoms with E-state index in [-0.39, 0.29) is 24.6 Å². The molecule has 2 atom stereocenters. The fourth-order valence-electron chi connectivity index (χ4n) is 5.46. The van der Waals surface area contributed by atoms with Gasteiger partial charge >= 0.3 is 12.4 Å². The van der Waals surface area contributed by atoms with Crippen LogP contribution < -0.4 is 0 Å². The Bertz CT molecular complexity index is 1170. The molecule has 12 heteroatoms. The molecular formula is C29H35F6N3O3. The minimum atomic E-state index is -4.60. The second-order valence-electron chi connectivity index (χ2n) is 10.7. The molecule has 0 saturated carbocycles. The highest BCUT2D eigenvalue weighted by Crippen LogP contribution is 2.32. The van der Waals surface area contributed by atoms with E-state index in [2.05, 4.69) is 9.80 Å². The molecule has 0 aromatic heterocycles. The number of halogens is 6. The lowest BCUT2D eigenvalue weighted by Gasteiger charge is -2.43. The highest BCUT2D eigenvalue weighted by molar-refractivity contribution is 5.95. The van der Waals surface area contributed by atoms with Crippen LogP contribution in [0.25, 0.3) is 0 Å². The van der Waals surface area contributed by atoms with Gasteiger partial charge in [0.15, 0.2) is 0 Å². The van der Waals surface area contributed by atoms with Crippen molar-refractivity contribution in [1.29, 1.82) is 0 Å². The van der Waals surface area contributed by atoms with Gasteiger partial charge in [0, 0.05) is 64.5 Å². The molecule has 2 aromatic carbocycles. The fraction of sp³-hybridized carbons (Fsp3) is 0.552. The van der Waals surface area contributed by atoms with E-state index in [1.165, 1.54) is 25.1 Å². The number of amides is 1. The molecule has 0 bridgehead atoms. The van der Waals surface area contributed by atoms with Gasteiger partial charge in [-0.3, -0.25) is 14.6 Å². The molecule has 0 N–H and O–H groups in total. The van der Waals surface area contributed by atoms with Crippen molar-refractivity contribution in [2.45, 2.75) is 37.8 Å². The minimum absolute atomic E-state index is 0.00782. The maximum Gasteiger partial charge on any atom is 0.416 e. The van der Waals surface area contributed by atoms with E-state index in [9.17, 15) is 31.1 Å². The Kier molecular flexibility index (Phi) is 9.99. The van der Waals surface area contributed by atoms with E-state index in [0.29, 0.717) is 44.0 Å². The van der Waals surface area contributed by atoms with Crippen LogP contribution in [0.4, 0.5) is 26.3 Å². The van der Waals surface area contributed by atoms with Crippen molar-refractivity contribution in [3.63, 3.8) is 0 Å². The maximum atomic E-state index is 13.6. The van der Waals surface area contributed by atoms with E-state index in [4.69, 9.17) is 9.47 Å². The van der Waals surface area contributed by atoms with Gasteiger partial charge in [-0.15, -0.1) is 0 Å². The van der Waals surface area contributed by atoms with Crippen molar-refractivity contribution in [2.24, 2.45) is 0 Å². The second-order valence-corrected chi connectivity index (χ2v) is 10.7. The van der Waals surface area contributed by atoms with Gasteiger partial charge in [-0.25, -0.2) is 0 Å². The quantitative estimate of drug-likeness (QED) is 0.418. The number of benzene rings is 2. The number of ether oxygens (including phenoxy) is 2. The second kappa shape index (κ2) is 13.1. The molecule has 0 radical (unpaired) electrons. The monoisotopic (exact) mass is 587 g/mol. The molecule has 2 aliphatic heterocycles. The van der Waals surface area contributed by atoms with E-state index in [1.807, 2.05) is 0 Å². The van der Waals surface area contributed by atoms with Crippen molar-refractivity contribution in [2.75, 3.05) is 66.1 Å². The van der Waals surface area contributed by atoms with Crippen molar-refractivity contribution >= 4 is 5.91 Å². The largest absolute Gasteiger partial charge is 0.416 e. The third kappa shape index (κ3) is 8.43. The number of morpholine rings is 1.